The van der Waals surface area contributed by atoms with Crippen LogP contribution in [0.3, 0.4) is 0 Å². The van der Waals surface area contributed by atoms with Crippen molar-refractivity contribution in [1.82, 2.24) is 0 Å². The number of fused-ring (bicyclic) bond motifs is 1. The van der Waals surface area contributed by atoms with Crippen molar-refractivity contribution < 1.29 is 14.3 Å². The van der Waals surface area contributed by atoms with Crippen LogP contribution in [0.25, 0.3) is 6.08 Å². The Morgan fingerprint density at radius 1 is 1.24 bits per heavy atom. The monoisotopic (exact) mass is 338 g/mol. The first kappa shape index (κ1) is 15.6. The van der Waals surface area contributed by atoms with Gasteiger partial charge < -0.3 is 9.47 Å². The van der Waals surface area contributed by atoms with Gasteiger partial charge in [0.2, 0.25) is 0 Å². The minimum absolute atomic E-state index is 0.0291. The normalized spacial score (nSPS) is 42.9. The number of benzene rings is 1. The number of ether oxygens (including phenoxy) is 2. The average molecular weight is 338 g/mol. The molecule has 6 atom stereocenters. The van der Waals surface area contributed by atoms with Crippen molar-refractivity contribution in [3.05, 3.63) is 42.0 Å². The first-order valence-corrected chi connectivity index (χ1v) is 9.62. The standard InChI is InChI=1S/C22H26O3/c1-21(2)13-15-12-16-9-10-17-22(16,25-17)19(15)20(21)24-18(23)11-8-14-6-4-3-5-7-14/h3-8,11,15-17,19-20H,9-10,12-13H2,1-2H3/b11-8+/t15?,16-,17+,19?,20-,22-/m1/s1. The lowest BCUT2D eigenvalue weighted by Crippen LogP contribution is -2.41. The SMILES string of the molecule is CC1(C)CC2C[C@H]3CC[C@@H]4O[C@]34C2[C@H]1OC(=O)/C=C/c1ccccc1. The lowest BCUT2D eigenvalue weighted by atomic mass is 9.80. The highest BCUT2D eigenvalue weighted by Crippen LogP contribution is 2.72. The van der Waals surface area contributed by atoms with Gasteiger partial charge in [-0.25, -0.2) is 4.79 Å². The maximum absolute atomic E-state index is 12.5. The van der Waals surface area contributed by atoms with Gasteiger partial charge in [-0.3, -0.25) is 0 Å². The summed E-state index contributed by atoms with van der Waals surface area (Å²) in [5.74, 6) is 1.53. The quantitative estimate of drug-likeness (QED) is 0.470. The summed E-state index contributed by atoms with van der Waals surface area (Å²) >= 11 is 0. The minimum atomic E-state index is -0.224. The molecule has 1 heterocycles. The van der Waals surface area contributed by atoms with Crippen molar-refractivity contribution in [2.45, 2.75) is 57.3 Å². The number of epoxide rings is 1. The van der Waals surface area contributed by atoms with E-state index in [0.29, 0.717) is 23.9 Å². The largest absolute Gasteiger partial charge is 0.458 e. The van der Waals surface area contributed by atoms with Gasteiger partial charge in [-0.1, -0.05) is 44.2 Å². The van der Waals surface area contributed by atoms with Crippen LogP contribution in [0.4, 0.5) is 0 Å². The number of carbonyl (C=O) groups excluding carboxylic acids is 1. The third-order valence-corrected chi connectivity index (χ3v) is 7.16. The lowest BCUT2D eigenvalue weighted by molar-refractivity contribution is -0.151. The molecule has 25 heavy (non-hydrogen) atoms. The number of esters is 1. The van der Waals surface area contributed by atoms with Gasteiger partial charge in [0.1, 0.15) is 11.7 Å². The highest BCUT2D eigenvalue weighted by atomic mass is 16.6. The van der Waals surface area contributed by atoms with Crippen LogP contribution in [0.1, 0.15) is 45.1 Å². The van der Waals surface area contributed by atoms with E-state index in [4.69, 9.17) is 9.47 Å². The van der Waals surface area contributed by atoms with Crippen molar-refractivity contribution in [1.29, 1.82) is 0 Å². The molecule has 3 heteroatoms. The summed E-state index contributed by atoms with van der Waals surface area (Å²) in [5.41, 5.74) is 1.10. The van der Waals surface area contributed by atoms with Crippen LogP contribution in [-0.4, -0.2) is 23.8 Å². The second kappa shape index (κ2) is 5.20. The Morgan fingerprint density at radius 3 is 2.80 bits per heavy atom. The van der Waals surface area contributed by atoms with Crippen LogP contribution >= 0.6 is 0 Å². The van der Waals surface area contributed by atoms with Crippen molar-refractivity contribution >= 4 is 12.0 Å². The van der Waals surface area contributed by atoms with Gasteiger partial charge in [0.15, 0.2) is 0 Å². The molecule has 1 spiro atoms. The van der Waals surface area contributed by atoms with Crippen LogP contribution in [0.2, 0.25) is 0 Å². The number of hydrogen-bond donors (Lipinski definition) is 0. The molecule has 1 aromatic rings. The molecule has 1 aliphatic heterocycles. The van der Waals surface area contributed by atoms with E-state index in [2.05, 4.69) is 13.8 Å². The van der Waals surface area contributed by atoms with Crippen LogP contribution in [0.5, 0.6) is 0 Å². The smallest absolute Gasteiger partial charge is 0.331 e. The highest BCUT2D eigenvalue weighted by molar-refractivity contribution is 5.87. The maximum Gasteiger partial charge on any atom is 0.331 e. The van der Waals surface area contributed by atoms with Gasteiger partial charge in [-0.05, 0) is 49.2 Å². The molecule has 1 aromatic carbocycles. The molecule has 2 unspecified atom stereocenters. The van der Waals surface area contributed by atoms with E-state index in [9.17, 15) is 4.79 Å². The van der Waals surface area contributed by atoms with E-state index < -0.39 is 0 Å². The van der Waals surface area contributed by atoms with Gasteiger partial charge in [-0.2, -0.15) is 0 Å². The fourth-order valence-electron chi connectivity index (χ4n) is 6.28. The molecule has 3 aliphatic carbocycles. The molecule has 3 nitrogen and oxygen atoms in total. The summed E-state index contributed by atoms with van der Waals surface area (Å²) in [6.07, 6.45) is 8.72. The molecule has 132 valence electrons. The molecule has 3 saturated carbocycles. The van der Waals surface area contributed by atoms with Gasteiger partial charge >= 0.3 is 5.97 Å². The van der Waals surface area contributed by atoms with E-state index in [1.165, 1.54) is 19.3 Å². The summed E-state index contributed by atoms with van der Waals surface area (Å²) in [5, 5.41) is 0. The topological polar surface area (TPSA) is 38.8 Å². The van der Waals surface area contributed by atoms with Gasteiger partial charge in [-0.15, -0.1) is 0 Å². The zero-order chi connectivity index (χ0) is 17.2. The third-order valence-electron chi connectivity index (χ3n) is 7.16. The summed E-state index contributed by atoms with van der Waals surface area (Å²) in [6.45, 7) is 4.50. The fourth-order valence-corrected chi connectivity index (χ4v) is 6.28. The Balaban J connectivity index is 1.35. The lowest BCUT2D eigenvalue weighted by Gasteiger charge is -2.32. The molecule has 5 rings (SSSR count). The summed E-state index contributed by atoms with van der Waals surface area (Å²) < 4.78 is 12.3. The molecule has 4 fully saturated rings. The van der Waals surface area contributed by atoms with Crippen molar-refractivity contribution in [2.24, 2.45) is 23.2 Å². The molecule has 0 N–H and O–H groups in total. The first-order valence-electron chi connectivity index (χ1n) is 9.62. The van der Waals surface area contributed by atoms with E-state index in [1.807, 2.05) is 36.4 Å². The predicted molar refractivity (Wildman–Crippen MR) is 95.7 cm³/mol. The molecular weight excluding hydrogens is 312 g/mol. The maximum atomic E-state index is 12.5. The van der Waals surface area contributed by atoms with Crippen molar-refractivity contribution in [3.63, 3.8) is 0 Å². The van der Waals surface area contributed by atoms with Crippen LogP contribution in [-0.2, 0) is 14.3 Å². The summed E-state index contributed by atoms with van der Waals surface area (Å²) in [6, 6.07) is 9.89. The predicted octanol–water partition coefficient (Wildman–Crippen LogP) is 4.23. The first-order chi connectivity index (χ1) is 12.0. The number of rotatable bonds is 3. The Morgan fingerprint density at radius 2 is 2.04 bits per heavy atom. The Kier molecular flexibility index (Phi) is 3.25. The van der Waals surface area contributed by atoms with Crippen molar-refractivity contribution in [2.75, 3.05) is 0 Å². The molecular formula is C22H26O3. The Labute approximate surface area is 149 Å². The molecule has 1 saturated heterocycles. The van der Waals surface area contributed by atoms with Gasteiger partial charge in [0, 0.05) is 17.4 Å². The summed E-state index contributed by atoms with van der Waals surface area (Å²) in [4.78, 5) is 12.5. The van der Waals surface area contributed by atoms with Crippen LogP contribution < -0.4 is 0 Å². The zero-order valence-corrected chi connectivity index (χ0v) is 15.0. The van der Waals surface area contributed by atoms with E-state index in [0.717, 1.165) is 12.0 Å². The molecule has 0 bridgehead atoms. The van der Waals surface area contributed by atoms with E-state index >= 15 is 0 Å². The van der Waals surface area contributed by atoms with Crippen LogP contribution in [0, 0.1) is 23.2 Å². The Hall–Kier alpha value is -1.61. The highest BCUT2D eigenvalue weighted by Gasteiger charge is 2.78. The van der Waals surface area contributed by atoms with Crippen molar-refractivity contribution in [3.8, 4) is 0 Å². The van der Waals surface area contributed by atoms with E-state index in [-0.39, 0.29) is 23.1 Å². The minimum Gasteiger partial charge on any atom is -0.458 e. The number of hydrogen-bond acceptors (Lipinski definition) is 3. The summed E-state index contributed by atoms with van der Waals surface area (Å²) in [7, 11) is 0. The Bertz CT molecular complexity index is 722. The second-order valence-corrected chi connectivity index (χ2v) is 9.05. The fraction of sp³-hybridized carbons (Fsp3) is 0.591. The molecule has 4 aliphatic rings. The van der Waals surface area contributed by atoms with Gasteiger partial charge in [0.05, 0.1) is 6.10 Å². The number of carbonyl (C=O) groups is 1. The molecule has 0 amide bonds. The molecule has 0 radical (unpaired) electrons. The zero-order valence-electron chi connectivity index (χ0n) is 15.0. The van der Waals surface area contributed by atoms with Gasteiger partial charge in [0.25, 0.3) is 0 Å². The second-order valence-electron chi connectivity index (χ2n) is 9.05. The van der Waals surface area contributed by atoms with E-state index in [1.54, 1.807) is 6.08 Å². The van der Waals surface area contributed by atoms with Crippen LogP contribution in [0.15, 0.2) is 36.4 Å². The molecule has 0 aromatic heterocycles. The average Bonchev–Trinajstić information content (AvgIpc) is 2.97. The third kappa shape index (κ3) is 2.25.